The van der Waals surface area contributed by atoms with Gasteiger partial charge in [0, 0.05) is 35.4 Å². The van der Waals surface area contributed by atoms with Gasteiger partial charge in [0.1, 0.15) is 17.7 Å². The lowest BCUT2D eigenvalue weighted by Gasteiger charge is -2.33. The number of nitrogen functional groups attached to an aromatic ring is 1. The van der Waals surface area contributed by atoms with Crippen LogP contribution < -0.4 is 20.5 Å². The highest BCUT2D eigenvalue weighted by Gasteiger charge is 2.50. The summed E-state index contributed by atoms with van der Waals surface area (Å²) in [5.41, 5.74) is 6.00. The summed E-state index contributed by atoms with van der Waals surface area (Å²) in [5, 5.41) is 3.28. The van der Waals surface area contributed by atoms with Crippen LogP contribution in [0.5, 0.6) is 11.5 Å². The van der Waals surface area contributed by atoms with E-state index >= 15 is 9.18 Å². The van der Waals surface area contributed by atoms with Crippen molar-refractivity contribution in [2.24, 2.45) is 5.92 Å². The molecule has 0 saturated carbocycles. The van der Waals surface area contributed by atoms with Gasteiger partial charge >= 0.3 is 18.1 Å². The molecule has 0 unspecified atom stereocenters. The number of halogens is 4. The molecule has 0 bridgehead atoms. The van der Waals surface area contributed by atoms with Gasteiger partial charge in [-0.1, -0.05) is 18.2 Å². The van der Waals surface area contributed by atoms with Crippen molar-refractivity contribution in [3.05, 3.63) is 83.8 Å². The molecule has 1 amide bonds. The number of esters is 2. The van der Waals surface area contributed by atoms with Crippen LogP contribution in [0.2, 0.25) is 0 Å². The van der Waals surface area contributed by atoms with Crippen LogP contribution in [0.15, 0.2) is 71.8 Å². The fourth-order valence-electron chi connectivity index (χ4n) is 6.42. The van der Waals surface area contributed by atoms with Crippen LogP contribution in [0.25, 0.3) is 10.8 Å². The Hall–Kier alpha value is -5.45. The number of nitrogens with two attached hydrogens (primary N) is 1. The zero-order chi connectivity index (χ0) is 40.4. The third-order valence-corrected chi connectivity index (χ3v) is 11.2. The Balaban J connectivity index is 1.70. The van der Waals surface area contributed by atoms with Gasteiger partial charge in [0.25, 0.3) is 0 Å². The molecule has 55 heavy (non-hydrogen) atoms. The predicted molar refractivity (Wildman–Crippen MR) is 194 cm³/mol. The second-order valence-corrected chi connectivity index (χ2v) is 15.8. The maximum Gasteiger partial charge on any atom is 0.491 e. The fourth-order valence-corrected chi connectivity index (χ4v) is 7.71. The Morgan fingerprint density at radius 1 is 1.02 bits per heavy atom. The number of hydrogen-bond acceptors (Lipinski definition) is 11. The summed E-state index contributed by atoms with van der Waals surface area (Å²) in [6.45, 7) is 7.79. The first-order chi connectivity index (χ1) is 25.8. The molecule has 1 aromatic heterocycles. The van der Waals surface area contributed by atoms with E-state index in [1.807, 2.05) is 0 Å². The van der Waals surface area contributed by atoms with Gasteiger partial charge in [-0.3, -0.25) is 9.59 Å². The number of sulfone groups is 1. The number of fused-ring (bicyclic) bond motifs is 1. The van der Waals surface area contributed by atoms with E-state index in [1.165, 1.54) is 50.4 Å². The standard InChI is InChI=1S/C38H40F4N4O8S/c1-6-52-29-18-27(28(39)19-30(29)53-20(2)3)32(45-23-11-12-24-22(17-23)13-15-44-34(24)43)35(47)46-16-14-26(36(48)54-37(49)38(40,41)42)33(46)25-9-7-8-10-31(25)55(50,51)21(4)5/h7-13,15,17-21,26,32-33,45H,6,14,16H2,1-5H3,(H2,43,44)/t26-,32+,33-/m0/s1. The zero-order valence-electron chi connectivity index (χ0n) is 30.5. The van der Waals surface area contributed by atoms with Gasteiger partial charge in [-0.05, 0) is 88.4 Å². The van der Waals surface area contributed by atoms with Gasteiger partial charge in [-0.2, -0.15) is 13.2 Å². The number of alkyl halides is 3. The molecule has 2 heterocycles. The number of aromatic nitrogens is 1. The molecule has 294 valence electrons. The quantitative estimate of drug-likeness (QED) is 0.0891. The van der Waals surface area contributed by atoms with Crippen LogP contribution in [0, 0.1) is 11.7 Å². The molecular weight excluding hydrogens is 748 g/mol. The largest absolute Gasteiger partial charge is 0.491 e. The number of rotatable bonds is 12. The number of nitrogens with one attached hydrogen (secondary N) is 1. The number of carbonyl (C=O) groups excluding carboxylic acids is 3. The maximum absolute atomic E-state index is 16.3. The van der Waals surface area contributed by atoms with E-state index in [0.717, 1.165) is 11.0 Å². The van der Waals surface area contributed by atoms with Crippen LogP contribution in [0.4, 0.5) is 29.1 Å². The Labute approximate surface area is 314 Å². The minimum absolute atomic E-state index is 0.0574. The lowest BCUT2D eigenvalue weighted by molar-refractivity contribution is -0.203. The third kappa shape index (κ3) is 8.61. The van der Waals surface area contributed by atoms with E-state index in [4.69, 9.17) is 15.2 Å². The summed E-state index contributed by atoms with van der Waals surface area (Å²) in [7, 11) is -4.13. The molecule has 3 N–H and O–H groups in total. The molecule has 5 rings (SSSR count). The Bertz CT molecular complexity index is 2210. The number of nitrogens with zero attached hydrogens (tertiary/aromatic N) is 2. The van der Waals surface area contributed by atoms with Crippen LogP contribution in [0.1, 0.15) is 64.3 Å². The number of pyridine rings is 1. The van der Waals surface area contributed by atoms with E-state index in [9.17, 15) is 31.2 Å². The van der Waals surface area contributed by atoms with Crippen molar-refractivity contribution < 1.29 is 54.6 Å². The van der Waals surface area contributed by atoms with Gasteiger partial charge in [-0.15, -0.1) is 0 Å². The van der Waals surface area contributed by atoms with Gasteiger partial charge in [-0.25, -0.2) is 22.6 Å². The molecule has 17 heteroatoms. The number of ether oxygens (including phenoxy) is 3. The molecular formula is C38H40F4N4O8S. The van der Waals surface area contributed by atoms with E-state index in [0.29, 0.717) is 16.5 Å². The summed E-state index contributed by atoms with van der Waals surface area (Å²) in [6, 6.07) is 11.1. The molecule has 1 saturated heterocycles. The van der Waals surface area contributed by atoms with Crippen LogP contribution in [-0.2, 0) is 29.0 Å². The van der Waals surface area contributed by atoms with E-state index in [-0.39, 0.29) is 59.0 Å². The number of likely N-dealkylation sites (tertiary alicyclic amines) is 1. The molecule has 0 radical (unpaired) electrons. The monoisotopic (exact) mass is 788 g/mol. The Morgan fingerprint density at radius 2 is 1.73 bits per heavy atom. The van der Waals surface area contributed by atoms with Crippen LogP contribution in [0.3, 0.4) is 0 Å². The molecule has 3 atom stereocenters. The van der Waals surface area contributed by atoms with Crippen molar-refractivity contribution in [3.8, 4) is 11.5 Å². The topological polar surface area (TPSA) is 167 Å². The number of carbonyl (C=O) groups is 3. The summed E-state index contributed by atoms with van der Waals surface area (Å²) in [4.78, 5) is 45.1. The zero-order valence-corrected chi connectivity index (χ0v) is 31.3. The van der Waals surface area contributed by atoms with Gasteiger partial charge in [0.15, 0.2) is 21.3 Å². The van der Waals surface area contributed by atoms with Crippen molar-refractivity contribution in [3.63, 3.8) is 0 Å². The van der Waals surface area contributed by atoms with Crippen LogP contribution >= 0.6 is 0 Å². The molecule has 3 aromatic carbocycles. The Morgan fingerprint density at radius 3 is 2.38 bits per heavy atom. The average Bonchev–Trinajstić information content (AvgIpc) is 3.56. The minimum atomic E-state index is -5.52. The van der Waals surface area contributed by atoms with Gasteiger partial charge in [0.05, 0.1) is 34.8 Å². The first-order valence-electron chi connectivity index (χ1n) is 17.3. The number of hydrogen-bond donors (Lipinski definition) is 2. The number of benzene rings is 3. The second kappa shape index (κ2) is 16.1. The molecule has 0 spiro atoms. The summed E-state index contributed by atoms with van der Waals surface area (Å²) < 4.78 is 99.1. The molecule has 0 aliphatic carbocycles. The molecule has 12 nitrogen and oxygen atoms in total. The summed E-state index contributed by atoms with van der Waals surface area (Å²) >= 11 is 0. The van der Waals surface area contributed by atoms with Crippen molar-refractivity contribution in [1.29, 1.82) is 0 Å². The molecule has 4 aromatic rings. The van der Waals surface area contributed by atoms with Crippen molar-refractivity contribution >= 4 is 50.0 Å². The summed E-state index contributed by atoms with van der Waals surface area (Å²) in [5.74, 6) is -7.43. The lowest BCUT2D eigenvalue weighted by atomic mass is 9.93. The smallest absolute Gasteiger partial charge is 0.490 e. The Kier molecular flexibility index (Phi) is 11.9. The third-order valence-electron chi connectivity index (χ3n) is 8.96. The summed E-state index contributed by atoms with van der Waals surface area (Å²) in [6.07, 6.45) is -4.76. The first kappa shape index (κ1) is 40.7. The second-order valence-electron chi connectivity index (χ2n) is 13.3. The SMILES string of the molecule is CCOc1cc([C@@H](Nc2ccc3c(N)nccc3c2)C(=O)N2CC[C@H](C(=O)OC(=O)C(F)(F)F)[C@@H]2c2ccccc2S(=O)(=O)C(C)C)c(F)cc1OC(C)C. The molecule has 1 aliphatic heterocycles. The average molecular weight is 789 g/mol. The van der Waals surface area contributed by atoms with Crippen LogP contribution in [-0.4, -0.2) is 66.8 Å². The van der Waals surface area contributed by atoms with Crippen molar-refractivity contribution in [1.82, 2.24) is 9.88 Å². The van der Waals surface area contributed by atoms with Gasteiger partial charge < -0.3 is 30.2 Å². The predicted octanol–water partition coefficient (Wildman–Crippen LogP) is 6.70. The normalized spacial score (nSPS) is 16.7. The van der Waals surface area contributed by atoms with Gasteiger partial charge in [0.2, 0.25) is 5.91 Å². The molecule has 1 aliphatic rings. The van der Waals surface area contributed by atoms with Crippen molar-refractivity contribution in [2.45, 2.75) is 75.5 Å². The minimum Gasteiger partial charge on any atom is -0.490 e. The highest BCUT2D eigenvalue weighted by atomic mass is 32.2. The first-order valence-corrected chi connectivity index (χ1v) is 18.9. The van der Waals surface area contributed by atoms with E-state index in [1.54, 1.807) is 45.0 Å². The lowest BCUT2D eigenvalue weighted by Crippen LogP contribution is -2.41. The molecule has 1 fully saturated rings. The van der Waals surface area contributed by atoms with Crippen molar-refractivity contribution in [2.75, 3.05) is 24.2 Å². The van der Waals surface area contributed by atoms with E-state index in [2.05, 4.69) is 15.0 Å². The number of anilines is 2. The van der Waals surface area contributed by atoms with E-state index < -0.39 is 62.9 Å². The highest BCUT2D eigenvalue weighted by Crippen LogP contribution is 2.44. The number of amides is 1. The fraction of sp³-hybridized carbons (Fsp3) is 0.368. The highest BCUT2D eigenvalue weighted by molar-refractivity contribution is 7.92. The maximum atomic E-state index is 16.3.